The smallest absolute Gasteiger partial charge is 0.0920 e. The third kappa shape index (κ3) is 0.681. The van der Waals surface area contributed by atoms with Crippen molar-refractivity contribution in [2.24, 2.45) is 0 Å². The minimum absolute atomic E-state index is 0.747. The Kier molecular flexibility index (Phi) is 1.26. The highest BCUT2D eigenvalue weighted by atomic mass is 19.1. The minimum atomic E-state index is 0.747. The average Bonchev–Trinajstić information content (AvgIpc) is 2.44. The van der Waals surface area contributed by atoms with Crippen LogP contribution >= 0.6 is 0 Å². The van der Waals surface area contributed by atoms with Crippen molar-refractivity contribution in [1.82, 2.24) is 4.90 Å². The predicted molar refractivity (Wildman–Crippen MR) is 38.1 cm³/mol. The highest BCUT2D eigenvalue weighted by molar-refractivity contribution is 5.35. The maximum absolute atomic E-state index is 12.1. The number of fused-ring (bicyclic) bond motifs is 1. The maximum atomic E-state index is 12.1. The normalized spacial score (nSPS) is 27.5. The van der Waals surface area contributed by atoms with Crippen molar-refractivity contribution >= 4 is 0 Å². The third-order valence-electron chi connectivity index (χ3n) is 2.19. The van der Waals surface area contributed by atoms with Gasteiger partial charge < -0.3 is 4.90 Å². The van der Waals surface area contributed by atoms with Crippen LogP contribution in [0.3, 0.4) is 0 Å². The van der Waals surface area contributed by atoms with E-state index in [9.17, 15) is 4.39 Å². The van der Waals surface area contributed by atoms with Crippen molar-refractivity contribution in [1.29, 1.82) is 0 Å². The second-order valence-corrected chi connectivity index (χ2v) is 2.75. The molecule has 0 aromatic heterocycles. The molecular formula is C8H10FN. The van der Waals surface area contributed by atoms with Gasteiger partial charge in [0.2, 0.25) is 0 Å². The van der Waals surface area contributed by atoms with Gasteiger partial charge in [0.15, 0.2) is 0 Å². The predicted octanol–water partition coefficient (Wildman–Crippen LogP) is 1.83. The molecule has 0 aromatic rings. The van der Waals surface area contributed by atoms with E-state index in [1.165, 1.54) is 0 Å². The van der Waals surface area contributed by atoms with Gasteiger partial charge in [0.05, 0.1) is 6.33 Å². The largest absolute Gasteiger partial charge is 0.371 e. The molecule has 1 fully saturated rings. The summed E-state index contributed by atoms with van der Waals surface area (Å²) in [6.07, 6.45) is 4.85. The van der Waals surface area contributed by atoms with Crippen LogP contribution in [0.2, 0.25) is 0 Å². The summed E-state index contributed by atoms with van der Waals surface area (Å²) in [5.41, 5.74) is 2.03. The van der Waals surface area contributed by atoms with Crippen LogP contribution in [0.25, 0.3) is 0 Å². The molecule has 2 heteroatoms. The van der Waals surface area contributed by atoms with Crippen molar-refractivity contribution in [3.63, 3.8) is 0 Å². The zero-order chi connectivity index (χ0) is 6.97. The molecule has 0 amide bonds. The third-order valence-corrected chi connectivity index (χ3v) is 2.19. The average molecular weight is 139 g/mol. The number of allylic oxidation sites excluding steroid dienone is 1. The molecule has 2 rings (SSSR count). The zero-order valence-electron chi connectivity index (χ0n) is 5.81. The lowest BCUT2D eigenvalue weighted by Crippen LogP contribution is -2.13. The van der Waals surface area contributed by atoms with E-state index in [1.807, 2.05) is 0 Å². The van der Waals surface area contributed by atoms with Gasteiger partial charge in [0, 0.05) is 24.4 Å². The van der Waals surface area contributed by atoms with E-state index in [-0.39, 0.29) is 0 Å². The van der Waals surface area contributed by atoms with Crippen LogP contribution < -0.4 is 0 Å². The minimum Gasteiger partial charge on any atom is -0.371 e. The Morgan fingerprint density at radius 1 is 1.50 bits per heavy atom. The summed E-state index contributed by atoms with van der Waals surface area (Å²) in [6, 6.07) is 0. The van der Waals surface area contributed by atoms with Gasteiger partial charge >= 0.3 is 0 Å². The Bertz CT molecular complexity index is 205. The molecule has 0 radical (unpaired) electrons. The molecule has 0 aromatic carbocycles. The lowest BCUT2D eigenvalue weighted by atomic mass is 10.2. The summed E-state index contributed by atoms with van der Waals surface area (Å²) < 4.78 is 12.1. The summed E-state index contributed by atoms with van der Waals surface area (Å²) in [5.74, 6) is 0. The molecule has 1 nitrogen and oxygen atoms in total. The molecule has 10 heavy (non-hydrogen) atoms. The van der Waals surface area contributed by atoms with Crippen molar-refractivity contribution in [3.8, 4) is 0 Å². The molecular weight excluding hydrogens is 129 g/mol. The van der Waals surface area contributed by atoms with Crippen molar-refractivity contribution in [2.45, 2.75) is 12.8 Å². The van der Waals surface area contributed by atoms with Gasteiger partial charge in [0.25, 0.3) is 0 Å². The Hall–Kier alpha value is -0.790. The second-order valence-electron chi connectivity index (χ2n) is 2.75. The molecule has 2 heterocycles. The second kappa shape index (κ2) is 2.11. The number of hydrogen-bond acceptors (Lipinski definition) is 1. The number of halogens is 1. The summed E-state index contributed by atoms with van der Waals surface area (Å²) in [6.45, 7) is 2.11. The summed E-state index contributed by atoms with van der Waals surface area (Å²) in [5, 5.41) is 0. The van der Waals surface area contributed by atoms with Crippen molar-refractivity contribution < 1.29 is 4.39 Å². The van der Waals surface area contributed by atoms with Gasteiger partial charge in [0.1, 0.15) is 0 Å². The molecule has 0 unspecified atom stereocenters. The van der Waals surface area contributed by atoms with E-state index < -0.39 is 0 Å². The summed E-state index contributed by atoms with van der Waals surface area (Å²) in [4.78, 5) is 2.24. The standard InChI is InChI=1S/C8H10FN/c9-6-7-3-5-10-4-1-2-8(7)10/h2,6H,1,3-5H2. The molecule has 0 aliphatic carbocycles. The van der Waals surface area contributed by atoms with Gasteiger partial charge in [-0.1, -0.05) is 6.08 Å². The van der Waals surface area contributed by atoms with Crippen molar-refractivity contribution in [2.75, 3.05) is 13.1 Å². The molecule has 1 saturated heterocycles. The molecule has 2 aliphatic rings. The first-order valence-electron chi connectivity index (χ1n) is 3.66. The Morgan fingerprint density at radius 2 is 2.40 bits per heavy atom. The number of nitrogens with zero attached hydrogens (tertiary/aromatic N) is 1. The van der Waals surface area contributed by atoms with Gasteiger partial charge in [-0.2, -0.15) is 0 Å². The molecule has 0 atom stereocenters. The summed E-state index contributed by atoms with van der Waals surface area (Å²) >= 11 is 0. The Labute approximate surface area is 59.8 Å². The van der Waals surface area contributed by atoms with Crippen LogP contribution in [0.15, 0.2) is 23.7 Å². The highest BCUT2D eigenvalue weighted by Gasteiger charge is 2.24. The molecule has 2 aliphatic heterocycles. The zero-order valence-corrected chi connectivity index (χ0v) is 5.81. The van der Waals surface area contributed by atoms with Crippen molar-refractivity contribution in [3.05, 3.63) is 23.7 Å². The number of rotatable bonds is 0. The van der Waals surface area contributed by atoms with Crippen LogP contribution in [-0.2, 0) is 0 Å². The topological polar surface area (TPSA) is 3.24 Å². The van der Waals surface area contributed by atoms with Crippen LogP contribution in [0.1, 0.15) is 12.8 Å². The fraction of sp³-hybridized carbons (Fsp3) is 0.500. The molecule has 54 valence electrons. The van der Waals surface area contributed by atoms with E-state index in [1.54, 1.807) is 0 Å². The number of hydrogen-bond donors (Lipinski definition) is 0. The molecule has 0 spiro atoms. The molecule has 0 N–H and O–H groups in total. The lowest BCUT2D eigenvalue weighted by Gasteiger charge is -2.11. The fourth-order valence-corrected chi connectivity index (χ4v) is 1.67. The lowest BCUT2D eigenvalue weighted by molar-refractivity contribution is 0.428. The Balaban J connectivity index is 2.30. The molecule has 0 saturated carbocycles. The highest BCUT2D eigenvalue weighted by Crippen LogP contribution is 2.31. The fourth-order valence-electron chi connectivity index (χ4n) is 1.67. The summed E-state index contributed by atoms with van der Waals surface area (Å²) in [7, 11) is 0. The van der Waals surface area contributed by atoms with Crippen LogP contribution in [0.4, 0.5) is 4.39 Å². The SMILES string of the molecule is FC=C1CCN2CCC=C12. The van der Waals surface area contributed by atoms with Gasteiger partial charge in [-0.05, 0) is 12.8 Å². The first kappa shape index (κ1) is 5.96. The van der Waals surface area contributed by atoms with E-state index in [0.717, 1.165) is 43.5 Å². The first-order valence-corrected chi connectivity index (χ1v) is 3.66. The van der Waals surface area contributed by atoms with E-state index in [0.29, 0.717) is 0 Å². The quantitative estimate of drug-likeness (QED) is 0.495. The van der Waals surface area contributed by atoms with Gasteiger partial charge in [-0.25, -0.2) is 4.39 Å². The van der Waals surface area contributed by atoms with Crippen LogP contribution in [-0.4, -0.2) is 18.0 Å². The van der Waals surface area contributed by atoms with E-state index in [4.69, 9.17) is 0 Å². The van der Waals surface area contributed by atoms with E-state index in [2.05, 4.69) is 11.0 Å². The maximum Gasteiger partial charge on any atom is 0.0920 e. The van der Waals surface area contributed by atoms with Gasteiger partial charge in [-0.15, -0.1) is 0 Å². The monoisotopic (exact) mass is 139 g/mol. The van der Waals surface area contributed by atoms with Gasteiger partial charge in [-0.3, -0.25) is 0 Å². The van der Waals surface area contributed by atoms with E-state index >= 15 is 0 Å². The first-order chi connectivity index (χ1) is 4.92. The Morgan fingerprint density at radius 3 is 3.20 bits per heavy atom. The molecule has 0 bridgehead atoms. The van der Waals surface area contributed by atoms with Crippen LogP contribution in [0, 0.1) is 0 Å². The van der Waals surface area contributed by atoms with Crippen LogP contribution in [0.5, 0.6) is 0 Å².